The number of hydrazine groups is 1. The van der Waals surface area contributed by atoms with Crippen molar-refractivity contribution in [3.63, 3.8) is 0 Å². The van der Waals surface area contributed by atoms with E-state index in [1.165, 1.54) is 18.0 Å². The Hall–Kier alpha value is -1.14. The van der Waals surface area contributed by atoms with Gasteiger partial charge >= 0.3 is 6.03 Å². The molecule has 0 fully saturated rings. The number of urea groups is 1. The molecule has 0 unspecified atom stereocenters. The highest BCUT2D eigenvalue weighted by atomic mass is 79.9. The van der Waals surface area contributed by atoms with Gasteiger partial charge in [0.15, 0.2) is 0 Å². The van der Waals surface area contributed by atoms with Crippen molar-refractivity contribution in [3.8, 4) is 0 Å². The summed E-state index contributed by atoms with van der Waals surface area (Å²) in [4.78, 5) is 12.4. The zero-order valence-electron chi connectivity index (χ0n) is 8.13. The molecule has 6 heteroatoms. The molecule has 0 spiro atoms. The minimum atomic E-state index is -0.464. The van der Waals surface area contributed by atoms with Crippen LogP contribution in [-0.2, 0) is 6.54 Å². The summed E-state index contributed by atoms with van der Waals surface area (Å²) in [7, 11) is 1.53. The number of nitrogens with one attached hydrogen (secondary N) is 1. The third-order valence-corrected chi connectivity index (χ3v) is 2.38. The number of nitrogens with two attached hydrogens (primary N) is 1. The second kappa shape index (κ2) is 5.09. The van der Waals surface area contributed by atoms with Crippen molar-refractivity contribution in [2.75, 3.05) is 7.05 Å². The van der Waals surface area contributed by atoms with Crippen LogP contribution in [-0.4, -0.2) is 18.0 Å². The Morgan fingerprint density at radius 3 is 2.93 bits per heavy atom. The number of carbonyl (C=O) groups excluding carboxylic acids is 1. The molecule has 0 saturated heterocycles. The molecule has 2 amide bonds. The maximum absolute atomic E-state index is 13.3. The SMILES string of the molecule is CN(Cc1cc(Br)ccc1F)C(=O)NN. The summed E-state index contributed by atoms with van der Waals surface area (Å²) in [6.45, 7) is 0.161. The van der Waals surface area contributed by atoms with Crippen molar-refractivity contribution in [1.82, 2.24) is 10.3 Å². The molecule has 1 aromatic rings. The van der Waals surface area contributed by atoms with Crippen molar-refractivity contribution in [2.24, 2.45) is 5.84 Å². The Balaban J connectivity index is 2.80. The lowest BCUT2D eigenvalue weighted by molar-refractivity contribution is 0.206. The van der Waals surface area contributed by atoms with E-state index in [1.807, 2.05) is 5.43 Å². The Labute approximate surface area is 95.3 Å². The fourth-order valence-corrected chi connectivity index (χ4v) is 1.51. The Kier molecular flexibility index (Phi) is 4.05. The normalized spacial score (nSPS) is 9.87. The van der Waals surface area contributed by atoms with Gasteiger partial charge in [0.25, 0.3) is 0 Å². The molecule has 0 atom stereocenters. The highest BCUT2D eigenvalue weighted by molar-refractivity contribution is 9.10. The van der Waals surface area contributed by atoms with Crippen molar-refractivity contribution in [1.29, 1.82) is 0 Å². The van der Waals surface area contributed by atoms with E-state index in [-0.39, 0.29) is 12.4 Å². The molecule has 0 radical (unpaired) electrons. The summed E-state index contributed by atoms with van der Waals surface area (Å²) in [5, 5.41) is 0. The van der Waals surface area contributed by atoms with E-state index < -0.39 is 6.03 Å². The van der Waals surface area contributed by atoms with E-state index in [2.05, 4.69) is 15.9 Å². The molecule has 0 aliphatic rings. The van der Waals surface area contributed by atoms with E-state index in [0.717, 1.165) is 4.47 Å². The van der Waals surface area contributed by atoms with Crippen LogP contribution in [0.1, 0.15) is 5.56 Å². The molecule has 3 N–H and O–H groups in total. The molecule has 0 heterocycles. The van der Waals surface area contributed by atoms with Gasteiger partial charge in [-0.3, -0.25) is 5.43 Å². The Bertz CT molecular complexity index is 372. The third-order valence-electron chi connectivity index (χ3n) is 1.89. The molecule has 4 nitrogen and oxygen atoms in total. The summed E-state index contributed by atoms with van der Waals surface area (Å²) in [6.07, 6.45) is 0. The molecular formula is C9H11BrFN3O. The number of carbonyl (C=O) groups is 1. The fraction of sp³-hybridized carbons (Fsp3) is 0.222. The number of rotatable bonds is 2. The van der Waals surface area contributed by atoms with Gasteiger partial charge < -0.3 is 4.90 Å². The second-order valence-electron chi connectivity index (χ2n) is 3.04. The first-order valence-corrected chi connectivity index (χ1v) is 4.99. The van der Waals surface area contributed by atoms with E-state index in [0.29, 0.717) is 5.56 Å². The summed E-state index contributed by atoms with van der Waals surface area (Å²) in [6, 6.07) is 4.10. The zero-order valence-corrected chi connectivity index (χ0v) is 9.71. The fourth-order valence-electron chi connectivity index (χ4n) is 1.10. The van der Waals surface area contributed by atoms with E-state index >= 15 is 0 Å². The Morgan fingerprint density at radius 1 is 1.67 bits per heavy atom. The van der Waals surface area contributed by atoms with Crippen molar-refractivity contribution in [3.05, 3.63) is 34.1 Å². The van der Waals surface area contributed by atoms with Gasteiger partial charge in [0.1, 0.15) is 5.82 Å². The van der Waals surface area contributed by atoms with Gasteiger partial charge in [-0.25, -0.2) is 15.0 Å². The first-order valence-electron chi connectivity index (χ1n) is 4.20. The molecular weight excluding hydrogens is 265 g/mol. The molecule has 0 aromatic heterocycles. The van der Waals surface area contributed by atoms with Crippen LogP contribution < -0.4 is 11.3 Å². The van der Waals surface area contributed by atoms with Crippen LogP contribution in [0.5, 0.6) is 0 Å². The van der Waals surface area contributed by atoms with E-state index in [1.54, 1.807) is 12.1 Å². The summed E-state index contributed by atoms with van der Waals surface area (Å²) < 4.78 is 14.1. The number of amides is 2. The highest BCUT2D eigenvalue weighted by Crippen LogP contribution is 2.16. The van der Waals surface area contributed by atoms with Gasteiger partial charge in [0.05, 0.1) is 6.54 Å². The van der Waals surface area contributed by atoms with Crippen molar-refractivity contribution >= 4 is 22.0 Å². The molecule has 1 aromatic carbocycles. The van der Waals surface area contributed by atoms with Gasteiger partial charge in [0.2, 0.25) is 0 Å². The molecule has 1 rings (SSSR count). The molecule has 0 aliphatic carbocycles. The molecule has 0 saturated carbocycles. The maximum atomic E-state index is 13.3. The monoisotopic (exact) mass is 275 g/mol. The van der Waals surface area contributed by atoms with Crippen LogP contribution in [0.4, 0.5) is 9.18 Å². The largest absolute Gasteiger partial charge is 0.331 e. The van der Waals surface area contributed by atoms with Crippen molar-refractivity contribution < 1.29 is 9.18 Å². The van der Waals surface area contributed by atoms with Gasteiger partial charge in [-0.1, -0.05) is 15.9 Å². The summed E-state index contributed by atoms with van der Waals surface area (Å²) in [5.41, 5.74) is 2.40. The number of halogens is 2. The standard InChI is InChI=1S/C9H11BrFN3O/c1-14(9(15)13-12)5-6-4-7(10)2-3-8(6)11/h2-4H,5,12H2,1H3,(H,13,15). The van der Waals surface area contributed by atoms with Crippen LogP contribution in [0.2, 0.25) is 0 Å². The minimum Gasteiger partial charge on any atom is -0.322 e. The van der Waals surface area contributed by atoms with Crippen LogP contribution in [0.15, 0.2) is 22.7 Å². The highest BCUT2D eigenvalue weighted by Gasteiger charge is 2.10. The van der Waals surface area contributed by atoms with Crippen LogP contribution >= 0.6 is 15.9 Å². The average molecular weight is 276 g/mol. The zero-order chi connectivity index (χ0) is 11.4. The minimum absolute atomic E-state index is 0.161. The second-order valence-corrected chi connectivity index (χ2v) is 3.96. The number of hydrogen-bond donors (Lipinski definition) is 2. The molecule has 82 valence electrons. The number of hydrogen-bond acceptors (Lipinski definition) is 2. The topological polar surface area (TPSA) is 58.4 Å². The average Bonchev–Trinajstić information content (AvgIpc) is 2.22. The molecule has 0 aliphatic heterocycles. The van der Waals surface area contributed by atoms with Gasteiger partial charge in [0, 0.05) is 17.1 Å². The van der Waals surface area contributed by atoms with Crippen molar-refractivity contribution in [2.45, 2.75) is 6.54 Å². The number of benzene rings is 1. The van der Waals surface area contributed by atoms with E-state index in [9.17, 15) is 9.18 Å². The molecule has 0 bridgehead atoms. The maximum Gasteiger partial charge on any atom is 0.331 e. The lowest BCUT2D eigenvalue weighted by Gasteiger charge is -2.16. The predicted octanol–water partition coefficient (Wildman–Crippen LogP) is 1.60. The van der Waals surface area contributed by atoms with E-state index in [4.69, 9.17) is 5.84 Å². The lowest BCUT2D eigenvalue weighted by atomic mass is 10.2. The van der Waals surface area contributed by atoms with Crippen LogP contribution in [0.3, 0.4) is 0 Å². The lowest BCUT2D eigenvalue weighted by Crippen LogP contribution is -2.40. The van der Waals surface area contributed by atoms with Crippen LogP contribution in [0, 0.1) is 5.82 Å². The van der Waals surface area contributed by atoms with Gasteiger partial charge in [-0.15, -0.1) is 0 Å². The smallest absolute Gasteiger partial charge is 0.322 e. The quantitative estimate of drug-likeness (QED) is 0.489. The van der Waals surface area contributed by atoms with Gasteiger partial charge in [-0.2, -0.15) is 0 Å². The first-order chi connectivity index (χ1) is 7.04. The predicted molar refractivity (Wildman–Crippen MR) is 58.3 cm³/mol. The van der Waals surface area contributed by atoms with Gasteiger partial charge in [-0.05, 0) is 18.2 Å². The molecule has 15 heavy (non-hydrogen) atoms. The van der Waals surface area contributed by atoms with Crippen LogP contribution in [0.25, 0.3) is 0 Å². The Morgan fingerprint density at radius 2 is 2.33 bits per heavy atom. The first kappa shape index (κ1) is 11.9. The summed E-state index contributed by atoms with van der Waals surface area (Å²) in [5.74, 6) is 4.60. The third kappa shape index (κ3) is 3.17. The summed E-state index contributed by atoms with van der Waals surface area (Å²) >= 11 is 3.23. The number of nitrogens with zero attached hydrogens (tertiary/aromatic N) is 1.